The van der Waals surface area contributed by atoms with Crippen LogP contribution in [0.2, 0.25) is 0 Å². The molecule has 0 atom stereocenters. The summed E-state index contributed by atoms with van der Waals surface area (Å²) in [7, 11) is 0. The van der Waals surface area contributed by atoms with E-state index in [1.807, 2.05) is 46.4 Å². The zero-order valence-corrected chi connectivity index (χ0v) is 31.1. The van der Waals surface area contributed by atoms with Crippen molar-refractivity contribution in [1.29, 1.82) is 0 Å². The lowest BCUT2D eigenvalue weighted by Crippen LogP contribution is -2.40. The quantitative estimate of drug-likeness (QED) is 0.153. The zero-order valence-electron chi connectivity index (χ0n) is 30.3. The highest BCUT2D eigenvalue weighted by Crippen LogP contribution is 2.44. The number of fused-ring (bicyclic) bond motifs is 6. The monoisotopic (exact) mass is 735 g/mol. The van der Waals surface area contributed by atoms with E-state index in [0.29, 0.717) is 12.4 Å². The molecule has 4 nitrogen and oxygen atoms in total. The number of thiophene rings is 1. The van der Waals surface area contributed by atoms with E-state index in [9.17, 15) is 0 Å². The Balaban J connectivity index is 0.977. The zero-order chi connectivity index (χ0) is 37.0. The molecule has 3 heterocycles. The third-order valence-electron chi connectivity index (χ3n) is 10.8. The fourth-order valence-corrected chi connectivity index (χ4v) is 9.41. The van der Waals surface area contributed by atoms with Crippen LogP contribution in [0.1, 0.15) is 5.56 Å². The SMILES string of the molecule is c1ccc(C[n+]2[n-]c(-c3ccc(-c4cccc5c4sc4c(-c6ccc(-c7ccccc7)cc6)cccc45)cc3)nc2-c2cccc3oc4ccccc4c23)cc1. The van der Waals surface area contributed by atoms with Crippen LogP contribution < -0.4 is 9.78 Å². The van der Waals surface area contributed by atoms with Crippen molar-refractivity contribution >= 4 is 53.4 Å². The van der Waals surface area contributed by atoms with E-state index in [2.05, 4.69) is 158 Å². The van der Waals surface area contributed by atoms with Gasteiger partial charge in [0.25, 0.3) is 0 Å². The van der Waals surface area contributed by atoms with Gasteiger partial charge in [-0.2, -0.15) is 0 Å². The van der Waals surface area contributed by atoms with Crippen molar-refractivity contribution in [3.05, 3.63) is 194 Å². The van der Waals surface area contributed by atoms with Crippen LogP contribution in [-0.2, 0) is 6.54 Å². The predicted octanol–water partition coefficient (Wildman–Crippen LogP) is 13.0. The molecule has 0 unspecified atom stereocenters. The van der Waals surface area contributed by atoms with Gasteiger partial charge in [-0.1, -0.05) is 176 Å². The van der Waals surface area contributed by atoms with E-state index < -0.39 is 0 Å². The maximum absolute atomic E-state index is 6.26. The van der Waals surface area contributed by atoms with Gasteiger partial charge in [0.05, 0.1) is 0 Å². The summed E-state index contributed by atoms with van der Waals surface area (Å²) in [6.07, 6.45) is 0. The maximum atomic E-state index is 6.26. The molecule has 8 aromatic carbocycles. The van der Waals surface area contributed by atoms with E-state index in [-0.39, 0.29) is 0 Å². The first-order valence-electron chi connectivity index (χ1n) is 18.9. The van der Waals surface area contributed by atoms with Gasteiger partial charge in [-0.25, -0.2) is 0 Å². The fourth-order valence-electron chi connectivity index (χ4n) is 8.04. The Morgan fingerprint density at radius 2 is 0.964 bits per heavy atom. The summed E-state index contributed by atoms with van der Waals surface area (Å²) in [5.41, 5.74) is 12.2. The molecule has 56 heavy (non-hydrogen) atoms. The second kappa shape index (κ2) is 13.3. The lowest BCUT2D eigenvalue weighted by atomic mass is 9.98. The standard InChI is InChI=1S/C51H33N3OS/c1-3-12-33(13-4-1)32-54-51(44-21-11-23-46-47(44)43-16-7-8-22-45(43)55-46)52-50(53-54)38-30-28-37(29-31-38)40-18-10-20-42-41-19-9-17-39(48(41)56-49(40)42)36-26-24-35(25-27-36)34-14-5-2-6-15-34/h1-31H,32H2. The summed E-state index contributed by atoms with van der Waals surface area (Å²) < 4.78 is 10.9. The summed E-state index contributed by atoms with van der Waals surface area (Å²) >= 11 is 1.88. The third kappa shape index (κ3) is 5.52. The summed E-state index contributed by atoms with van der Waals surface area (Å²) in [5, 5.41) is 9.83. The van der Waals surface area contributed by atoms with Crippen LogP contribution in [0.5, 0.6) is 0 Å². The second-order valence-corrected chi connectivity index (χ2v) is 15.2. The van der Waals surface area contributed by atoms with E-state index in [1.54, 1.807) is 0 Å². The van der Waals surface area contributed by atoms with Gasteiger partial charge in [-0.3, -0.25) is 9.78 Å². The average Bonchev–Trinajstić information content (AvgIpc) is 3.98. The van der Waals surface area contributed by atoms with Gasteiger partial charge in [0.2, 0.25) is 0 Å². The highest BCUT2D eigenvalue weighted by molar-refractivity contribution is 7.26. The Morgan fingerprint density at radius 3 is 1.66 bits per heavy atom. The lowest BCUT2D eigenvalue weighted by Gasteiger charge is -2.08. The molecule has 0 aliphatic carbocycles. The fraction of sp³-hybridized carbons (Fsp3) is 0.0196. The number of para-hydroxylation sites is 1. The summed E-state index contributed by atoms with van der Waals surface area (Å²) in [6, 6.07) is 66.4. The first-order valence-corrected chi connectivity index (χ1v) is 19.7. The molecular formula is C51H33N3OS. The Hall–Kier alpha value is -7.08. The van der Waals surface area contributed by atoms with Crippen molar-refractivity contribution in [2.75, 3.05) is 0 Å². The van der Waals surface area contributed by atoms with Crippen LogP contribution >= 0.6 is 11.3 Å². The molecule has 0 spiro atoms. The minimum Gasteiger partial charge on any atom is -0.456 e. The summed E-state index contributed by atoms with van der Waals surface area (Å²) in [4.78, 5) is 5.24. The van der Waals surface area contributed by atoms with Crippen molar-refractivity contribution in [3.63, 3.8) is 0 Å². The van der Waals surface area contributed by atoms with Crippen LogP contribution in [-0.4, -0.2) is 4.98 Å². The smallest absolute Gasteiger partial charge is 0.136 e. The molecule has 11 rings (SSSR count). The van der Waals surface area contributed by atoms with Gasteiger partial charge in [0.1, 0.15) is 23.5 Å². The Kier molecular flexibility index (Phi) is 7.71. The van der Waals surface area contributed by atoms with Gasteiger partial charge in [-0.05, 0) is 62.5 Å². The van der Waals surface area contributed by atoms with Gasteiger partial charge < -0.3 is 9.40 Å². The van der Waals surface area contributed by atoms with Crippen LogP contribution in [0, 0.1) is 0 Å². The van der Waals surface area contributed by atoms with Crippen molar-refractivity contribution in [3.8, 4) is 56.2 Å². The van der Waals surface area contributed by atoms with E-state index in [0.717, 1.165) is 44.5 Å². The van der Waals surface area contributed by atoms with Crippen LogP contribution in [0.4, 0.5) is 0 Å². The van der Waals surface area contributed by atoms with Crippen molar-refractivity contribution in [2.24, 2.45) is 0 Å². The molecule has 264 valence electrons. The van der Waals surface area contributed by atoms with Crippen molar-refractivity contribution < 1.29 is 9.10 Å². The molecule has 0 aliphatic heterocycles. The molecule has 3 aromatic heterocycles. The van der Waals surface area contributed by atoms with Gasteiger partial charge >= 0.3 is 0 Å². The number of hydrogen-bond donors (Lipinski definition) is 0. The average molecular weight is 736 g/mol. The first kappa shape index (κ1) is 32.4. The lowest BCUT2D eigenvalue weighted by molar-refractivity contribution is -0.737. The van der Waals surface area contributed by atoms with Crippen molar-refractivity contribution in [1.82, 2.24) is 10.1 Å². The highest BCUT2D eigenvalue weighted by Gasteiger charge is 2.18. The first-order chi connectivity index (χ1) is 27.7. The molecule has 11 aromatic rings. The molecule has 0 radical (unpaired) electrons. The molecule has 0 fully saturated rings. The van der Waals surface area contributed by atoms with E-state index in [4.69, 9.17) is 14.5 Å². The minimum absolute atomic E-state index is 0.598. The number of hydrogen-bond acceptors (Lipinski definition) is 3. The third-order valence-corrected chi connectivity index (χ3v) is 12.1. The molecule has 0 saturated carbocycles. The molecule has 0 aliphatic rings. The molecule has 0 bridgehead atoms. The maximum Gasteiger partial charge on any atom is 0.136 e. The predicted molar refractivity (Wildman–Crippen MR) is 231 cm³/mol. The number of nitrogens with zero attached hydrogens (tertiary/aromatic N) is 3. The molecule has 5 heteroatoms. The van der Waals surface area contributed by atoms with Gasteiger partial charge in [0, 0.05) is 36.5 Å². The Labute approximate surface area is 327 Å². The summed E-state index contributed by atoms with van der Waals surface area (Å²) in [6.45, 7) is 0.598. The highest BCUT2D eigenvalue weighted by atomic mass is 32.1. The Bertz CT molecular complexity index is 3190. The molecule has 0 amide bonds. The largest absolute Gasteiger partial charge is 0.456 e. The van der Waals surface area contributed by atoms with Crippen LogP contribution in [0.15, 0.2) is 192 Å². The number of furan rings is 1. The summed E-state index contributed by atoms with van der Waals surface area (Å²) in [5.74, 6) is 1.50. The molecule has 0 N–H and O–H groups in total. The number of benzene rings is 8. The molecular weight excluding hydrogens is 703 g/mol. The minimum atomic E-state index is 0.598. The topological polar surface area (TPSA) is 44.0 Å². The van der Waals surface area contributed by atoms with Crippen LogP contribution in [0.25, 0.3) is 98.3 Å². The van der Waals surface area contributed by atoms with Gasteiger partial charge in [-0.15, -0.1) is 11.3 Å². The molecule has 0 saturated heterocycles. The van der Waals surface area contributed by atoms with Crippen molar-refractivity contribution in [2.45, 2.75) is 6.54 Å². The van der Waals surface area contributed by atoms with E-state index >= 15 is 0 Å². The normalized spacial score (nSPS) is 11.6. The van der Waals surface area contributed by atoms with Crippen LogP contribution in [0.3, 0.4) is 0 Å². The van der Waals surface area contributed by atoms with Gasteiger partial charge in [0.15, 0.2) is 0 Å². The number of aromatic nitrogens is 3. The van der Waals surface area contributed by atoms with E-state index in [1.165, 1.54) is 53.6 Å². The number of rotatable bonds is 7. The second-order valence-electron chi connectivity index (χ2n) is 14.2. The Morgan fingerprint density at radius 1 is 0.446 bits per heavy atom.